The second-order valence-corrected chi connectivity index (χ2v) is 10.6. The van der Waals surface area contributed by atoms with Gasteiger partial charge < -0.3 is 10.2 Å². The first-order valence-corrected chi connectivity index (χ1v) is 12.3. The Morgan fingerprint density at radius 2 is 2.00 bits per heavy atom. The average Bonchev–Trinajstić information content (AvgIpc) is 3.29. The van der Waals surface area contributed by atoms with E-state index in [4.69, 9.17) is 0 Å². The maximum Gasteiger partial charge on any atom is 0.231 e. The van der Waals surface area contributed by atoms with Crippen LogP contribution in [0.15, 0.2) is 47.4 Å². The molecule has 2 amide bonds. The van der Waals surface area contributed by atoms with Crippen LogP contribution >= 0.6 is 11.3 Å². The highest BCUT2D eigenvalue weighted by atomic mass is 32.2. The molecule has 0 aliphatic carbocycles. The van der Waals surface area contributed by atoms with Gasteiger partial charge in [-0.2, -0.15) is 0 Å². The van der Waals surface area contributed by atoms with Crippen molar-refractivity contribution in [1.82, 2.24) is 9.88 Å². The van der Waals surface area contributed by atoms with Gasteiger partial charge in [0.1, 0.15) is 5.82 Å². The SMILES string of the molecule is CS(=O)(=O)c1ccc2nc(NC(=O)C3CC(=O)N(CCc4ccc(F)cc4)C3)sc2c1. The molecule has 0 bridgehead atoms. The second kappa shape index (κ2) is 8.35. The van der Waals surface area contributed by atoms with Gasteiger partial charge in [0.2, 0.25) is 11.8 Å². The number of anilines is 1. The summed E-state index contributed by atoms with van der Waals surface area (Å²) in [7, 11) is -3.33. The van der Waals surface area contributed by atoms with E-state index in [-0.39, 0.29) is 28.9 Å². The first-order chi connectivity index (χ1) is 14.7. The minimum Gasteiger partial charge on any atom is -0.342 e. The number of fused-ring (bicyclic) bond motifs is 1. The molecule has 1 unspecified atom stereocenters. The molecule has 7 nitrogen and oxygen atoms in total. The van der Waals surface area contributed by atoms with Crippen molar-refractivity contribution in [3.63, 3.8) is 0 Å². The van der Waals surface area contributed by atoms with E-state index in [1.54, 1.807) is 23.1 Å². The smallest absolute Gasteiger partial charge is 0.231 e. The van der Waals surface area contributed by atoms with E-state index in [2.05, 4.69) is 10.3 Å². The van der Waals surface area contributed by atoms with Crippen molar-refractivity contribution in [3.05, 3.63) is 53.8 Å². The number of hydrogen-bond donors (Lipinski definition) is 1. The van der Waals surface area contributed by atoms with E-state index in [0.717, 1.165) is 11.8 Å². The Bertz CT molecular complexity index is 1260. The van der Waals surface area contributed by atoms with E-state index in [0.29, 0.717) is 34.9 Å². The number of amides is 2. The Hall–Kier alpha value is -2.85. The molecular weight excluding hydrogens is 441 g/mol. The number of halogens is 1. The fourth-order valence-electron chi connectivity index (χ4n) is 3.48. The number of benzene rings is 2. The lowest BCUT2D eigenvalue weighted by molar-refractivity contribution is -0.128. The summed E-state index contributed by atoms with van der Waals surface area (Å²) in [5.41, 5.74) is 1.51. The van der Waals surface area contributed by atoms with Gasteiger partial charge in [0.15, 0.2) is 15.0 Å². The highest BCUT2D eigenvalue weighted by Crippen LogP contribution is 2.29. The molecule has 4 rings (SSSR count). The highest BCUT2D eigenvalue weighted by Gasteiger charge is 2.34. The van der Waals surface area contributed by atoms with Gasteiger partial charge in [-0.15, -0.1) is 0 Å². The number of aromatic nitrogens is 1. The van der Waals surface area contributed by atoms with Gasteiger partial charge in [-0.05, 0) is 42.3 Å². The lowest BCUT2D eigenvalue weighted by atomic mass is 10.1. The van der Waals surface area contributed by atoms with Crippen LogP contribution in [0, 0.1) is 11.7 Å². The second-order valence-electron chi connectivity index (χ2n) is 7.53. The van der Waals surface area contributed by atoms with Crippen molar-refractivity contribution < 1.29 is 22.4 Å². The summed E-state index contributed by atoms with van der Waals surface area (Å²) < 4.78 is 37.1. The molecule has 0 spiro atoms. The minimum atomic E-state index is -3.33. The molecule has 1 aliphatic rings. The van der Waals surface area contributed by atoms with E-state index in [1.165, 1.54) is 35.6 Å². The fourth-order valence-corrected chi connectivity index (χ4v) is 5.11. The largest absolute Gasteiger partial charge is 0.342 e. The first kappa shape index (κ1) is 21.4. The third-order valence-electron chi connectivity index (χ3n) is 5.19. The van der Waals surface area contributed by atoms with E-state index >= 15 is 0 Å². The zero-order chi connectivity index (χ0) is 22.2. The Balaban J connectivity index is 1.38. The number of sulfone groups is 1. The fraction of sp³-hybridized carbons (Fsp3) is 0.286. The molecule has 3 aromatic rings. The summed E-state index contributed by atoms with van der Waals surface area (Å²) in [6, 6.07) is 10.8. The van der Waals surface area contributed by atoms with Gasteiger partial charge >= 0.3 is 0 Å². The van der Waals surface area contributed by atoms with Crippen molar-refractivity contribution in [3.8, 4) is 0 Å². The van der Waals surface area contributed by atoms with Crippen LogP contribution in [0.4, 0.5) is 9.52 Å². The number of likely N-dealkylation sites (tertiary alicyclic amines) is 1. The maximum absolute atomic E-state index is 13.0. The summed E-state index contributed by atoms with van der Waals surface area (Å²) in [4.78, 5) is 31.1. The first-order valence-electron chi connectivity index (χ1n) is 9.63. The molecule has 1 fully saturated rings. The van der Waals surface area contributed by atoms with Crippen LogP contribution in [0.5, 0.6) is 0 Å². The molecule has 1 saturated heterocycles. The molecule has 1 N–H and O–H groups in total. The number of nitrogens with zero attached hydrogens (tertiary/aromatic N) is 2. The Labute approximate surface area is 182 Å². The summed E-state index contributed by atoms with van der Waals surface area (Å²) in [6.07, 6.45) is 1.84. The summed E-state index contributed by atoms with van der Waals surface area (Å²) in [5, 5.41) is 3.11. The summed E-state index contributed by atoms with van der Waals surface area (Å²) in [5.74, 6) is -1.18. The van der Waals surface area contributed by atoms with Gasteiger partial charge in [-0.25, -0.2) is 17.8 Å². The lowest BCUT2D eigenvalue weighted by Gasteiger charge is -2.16. The van der Waals surface area contributed by atoms with Crippen LogP contribution in [0.2, 0.25) is 0 Å². The third-order valence-corrected chi connectivity index (χ3v) is 7.23. The van der Waals surface area contributed by atoms with Crippen LogP contribution < -0.4 is 5.32 Å². The predicted molar refractivity (Wildman–Crippen MR) is 116 cm³/mol. The molecule has 0 saturated carbocycles. The number of hydrogen-bond acceptors (Lipinski definition) is 6. The van der Waals surface area contributed by atoms with Gasteiger partial charge in [0, 0.05) is 25.8 Å². The molecule has 1 atom stereocenters. The van der Waals surface area contributed by atoms with Crippen molar-refractivity contribution in [2.45, 2.75) is 17.7 Å². The summed E-state index contributed by atoms with van der Waals surface area (Å²) in [6.45, 7) is 0.776. The number of carbonyl (C=O) groups excluding carboxylic acids is 2. The molecule has 10 heteroatoms. The van der Waals surface area contributed by atoms with E-state index in [1.807, 2.05) is 0 Å². The van der Waals surface area contributed by atoms with Gasteiger partial charge in [-0.1, -0.05) is 23.5 Å². The van der Waals surface area contributed by atoms with E-state index < -0.39 is 15.8 Å². The summed E-state index contributed by atoms with van der Waals surface area (Å²) >= 11 is 1.19. The Morgan fingerprint density at radius 1 is 1.26 bits per heavy atom. The molecule has 2 heterocycles. The van der Waals surface area contributed by atoms with Crippen LogP contribution in [0.25, 0.3) is 10.2 Å². The Morgan fingerprint density at radius 3 is 2.71 bits per heavy atom. The number of thiazole rings is 1. The molecule has 1 aliphatic heterocycles. The number of rotatable bonds is 6. The third kappa shape index (κ3) is 4.91. The lowest BCUT2D eigenvalue weighted by Crippen LogP contribution is -2.30. The van der Waals surface area contributed by atoms with Crippen molar-refractivity contribution in [2.24, 2.45) is 5.92 Å². The van der Waals surface area contributed by atoms with E-state index in [9.17, 15) is 22.4 Å². The molecular formula is C21H20FN3O4S2. The molecule has 1 aromatic heterocycles. The maximum atomic E-state index is 13.0. The van der Waals surface area contributed by atoms with Gasteiger partial charge in [-0.3, -0.25) is 9.59 Å². The predicted octanol–water partition coefficient (Wildman–Crippen LogP) is 2.87. The molecule has 0 radical (unpaired) electrons. The van der Waals surface area contributed by atoms with Gasteiger partial charge in [0.05, 0.1) is 21.0 Å². The normalized spacial score (nSPS) is 16.8. The van der Waals surface area contributed by atoms with Crippen molar-refractivity contribution >= 4 is 48.3 Å². The Kier molecular flexibility index (Phi) is 5.76. The van der Waals surface area contributed by atoms with Crippen LogP contribution in [0.3, 0.4) is 0 Å². The highest BCUT2D eigenvalue weighted by molar-refractivity contribution is 7.90. The standard InChI is InChI=1S/C21H20FN3O4S2/c1-31(28,29)16-6-7-17-18(11-16)30-21(23-17)24-20(27)14-10-19(26)25(12-14)9-8-13-2-4-15(22)5-3-13/h2-7,11,14H,8-10,12H2,1H3,(H,23,24,27). The molecule has 162 valence electrons. The molecule has 2 aromatic carbocycles. The quantitative estimate of drug-likeness (QED) is 0.609. The van der Waals surface area contributed by atoms with Crippen molar-refractivity contribution in [1.29, 1.82) is 0 Å². The van der Waals surface area contributed by atoms with Crippen molar-refractivity contribution in [2.75, 3.05) is 24.7 Å². The van der Waals surface area contributed by atoms with Crippen LogP contribution in [-0.4, -0.2) is 49.5 Å². The zero-order valence-electron chi connectivity index (χ0n) is 16.7. The zero-order valence-corrected chi connectivity index (χ0v) is 18.3. The number of nitrogens with one attached hydrogen (secondary N) is 1. The van der Waals surface area contributed by atoms with Crippen LogP contribution in [0.1, 0.15) is 12.0 Å². The average molecular weight is 462 g/mol. The monoisotopic (exact) mass is 461 g/mol. The molecule has 31 heavy (non-hydrogen) atoms. The van der Waals surface area contributed by atoms with Gasteiger partial charge in [0.25, 0.3) is 0 Å². The minimum absolute atomic E-state index is 0.0932. The number of carbonyl (C=O) groups is 2. The topological polar surface area (TPSA) is 96.4 Å². The van der Waals surface area contributed by atoms with Crippen LogP contribution in [-0.2, 0) is 25.8 Å².